The Labute approximate surface area is 212 Å². The lowest BCUT2D eigenvalue weighted by molar-refractivity contribution is -0.148. The number of carbonyl (C=O) groups excluding carboxylic acids is 2. The van der Waals surface area contributed by atoms with Crippen molar-refractivity contribution in [3.05, 3.63) is 108 Å². The second kappa shape index (κ2) is 14.3. The zero-order valence-corrected chi connectivity index (χ0v) is 21.1. The van der Waals surface area contributed by atoms with E-state index in [1.165, 1.54) is 5.56 Å². The van der Waals surface area contributed by atoms with Gasteiger partial charge in [-0.3, -0.25) is 14.2 Å². The molecule has 0 saturated carbocycles. The van der Waals surface area contributed by atoms with Gasteiger partial charge in [-0.1, -0.05) is 91.0 Å². The van der Waals surface area contributed by atoms with E-state index in [2.05, 4.69) is 17.2 Å². The first-order valence-electron chi connectivity index (χ1n) is 12.0. The Morgan fingerprint density at radius 2 is 1.31 bits per heavy atom. The van der Waals surface area contributed by atoms with E-state index in [4.69, 9.17) is 15.0 Å². The number of primary amides is 1. The van der Waals surface area contributed by atoms with Crippen molar-refractivity contribution in [2.75, 3.05) is 6.16 Å². The molecule has 3 aromatic rings. The van der Waals surface area contributed by atoms with Crippen LogP contribution in [0.15, 0.2) is 91.0 Å². The van der Waals surface area contributed by atoms with Crippen molar-refractivity contribution in [1.82, 2.24) is 5.09 Å². The van der Waals surface area contributed by atoms with Crippen molar-refractivity contribution in [1.29, 1.82) is 0 Å². The van der Waals surface area contributed by atoms with Crippen LogP contribution < -0.4 is 10.8 Å². The van der Waals surface area contributed by atoms with Gasteiger partial charge in [-0.25, -0.2) is 5.09 Å². The monoisotopic (exact) mass is 508 g/mol. The first-order valence-corrected chi connectivity index (χ1v) is 13.8. The van der Waals surface area contributed by atoms with E-state index in [0.29, 0.717) is 6.42 Å². The second-order valence-electron chi connectivity index (χ2n) is 8.54. The molecule has 3 aromatic carbocycles. The number of nitrogens with one attached hydrogen (secondary N) is 1. The first-order chi connectivity index (χ1) is 17.4. The molecule has 0 radical (unpaired) electrons. The summed E-state index contributed by atoms with van der Waals surface area (Å²) in [5.41, 5.74) is 8.24. The summed E-state index contributed by atoms with van der Waals surface area (Å²) in [5, 5.41) is 2.82. The van der Waals surface area contributed by atoms with E-state index in [-0.39, 0.29) is 25.8 Å². The molecule has 0 heterocycles. The van der Waals surface area contributed by atoms with Crippen molar-refractivity contribution in [3.63, 3.8) is 0 Å². The van der Waals surface area contributed by atoms with Crippen molar-refractivity contribution in [2.45, 2.75) is 44.9 Å². The molecule has 190 valence electrons. The molecule has 0 spiro atoms. The normalized spacial score (nSPS) is 13.4. The van der Waals surface area contributed by atoms with Gasteiger partial charge >= 0.3 is 5.97 Å². The van der Waals surface area contributed by atoms with Crippen LogP contribution in [-0.2, 0) is 43.0 Å². The van der Waals surface area contributed by atoms with Gasteiger partial charge in [0.1, 0.15) is 12.6 Å². The lowest BCUT2D eigenvalue weighted by Gasteiger charge is -2.24. The molecule has 3 N–H and O–H groups in total. The highest BCUT2D eigenvalue weighted by Gasteiger charge is 2.32. The third-order valence-electron chi connectivity index (χ3n) is 5.56. The average molecular weight is 509 g/mol. The van der Waals surface area contributed by atoms with E-state index >= 15 is 0 Å². The highest BCUT2D eigenvalue weighted by Crippen LogP contribution is 2.45. The summed E-state index contributed by atoms with van der Waals surface area (Å²) < 4.78 is 25.2. The molecule has 0 aliphatic rings. The van der Waals surface area contributed by atoms with Crippen LogP contribution in [0.5, 0.6) is 0 Å². The van der Waals surface area contributed by atoms with Crippen molar-refractivity contribution >= 4 is 19.4 Å². The summed E-state index contributed by atoms with van der Waals surface area (Å²) in [5.74, 6) is -1.41. The number of rotatable bonds is 15. The summed E-state index contributed by atoms with van der Waals surface area (Å²) in [6, 6.07) is 27.4. The van der Waals surface area contributed by atoms with E-state index in [1.807, 2.05) is 78.9 Å². The minimum atomic E-state index is -3.53. The van der Waals surface area contributed by atoms with Gasteiger partial charge < -0.3 is 15.0 Å². The number of amides is 1. The highest BCUT2D eigenvalue weighted by atomic mass is 31.2. The van der Waals surface area contributed by atoms with Crippen molar-refractivity contribution in [3.8, 4) is 0 Å². The largest absolute Gasteiger partial charge is 0.460 e. The average Bonchev–Trinajstić information content (AvgIpc) is 2.90. The number of hydrogen-bond acceptors (Lipinski definition) is 5. The second-order valence-corrected chi connectivity index (χ2v) is 10.9. The van der Waals surface area contributed by atoms with Crippen LogP contribution in [0, 0.1) is 0 Å². The topological polar surface area (TPSA) is 108 Å². The Bertz CT molecular complexity index is 1130. The van der Waals surface area contributed by atoms with E-state index < -0.39 is 25.4 Å². The quantitative estimate of drug-likeness (QED) is 0.170. The smallest absolute Gasteiger partial charge is 0.324 e. The van der Waals surface area contributed by atoms with Crippen LogP contribution in [0.1, 0.15) is 36.0 Å². The number of hydrogen-bond donors (Lipinski definition) is 2. The van der Waals surface area contributed by atoms with Crippen molar-refractivity contribution in [2.24, 2.45) is 5.73 Å². The van der Waals surface area contributed by atoms with Crippen LogP contribution in [0.4, 0.5) is 0 Å². The molecular formula is C28H33N2O5P. The van der Waals surface area contributed by atoms with Gasteiger partial charge in [0, 0.05) is 6.16 Å². The number of carbonyl (C=O) groups is 2. The predicted molar refractivity (Wildman–Crippen MR) is 140 cm³/mol. The zero-order chi connectivity index (χ0) is 25.6. The van der Waals surface area contributed by atoms with Gasteiger partial charge in [0.15, 0.2) is 0 Å². The maximum Gasteiger partial charge on any atom is 0.324 e. The minimum Gasteiger partial charge on any atom is -0.460 e. The lowest BCUT2D eigenvalue weighted by atomic mass is 10.1. The van der Waals surface area contributed by atoms with Crippen LogP contribution in [0.2, 0.25) is 0 Å². The third-order valence-corrected chi connectivity index (χ3v) is 7.72. The number of nitrogens with two attached hydrogens (primary N) is 1. The summed E-state index contributed by atoms with van der Waals surface area (Å²) in [7, 11) is -3.53. The lowest BCUT2D eigenvalue weighted by Crippen LogP contribution is -2.40. The fourth-order valence-corrected chi connectivity index (χ4v) is 5.66. The van der Waals surface area contributed by atoms with Crippen LogP contribution in [-0.4, -0.2) is 24.1 Å². The molecule has 0 aliphatic carbocycles. The number of aryl methyl sites for hydroxylation is 1. The number of esters is 1. The molecule has 0 fully saturated rings. The predicted octanol–water partition coefficient (Wildman–Crippen LogP) is 5.00. The highest BCUT2D eigenvalue weighted by molar-refractivity contribution is 7.56. The van der Waals surface area contributed by atoms with Gasteiger partial charge in [-0.2, -0.15) is 0 Å². The summed E-state index contributed by atoms with van der Waals surface area (Å²) >= 11 is 0. The van der Waals surface area contributed by atoms with Gasteiger partial charge in [0.05, 0.1) is 13.0 Å². The molecule has 36 heavy (non-hydrogen) atoms. The molecule has 2 unspecified atom stereocenters. The third kappa shape index (κ3) is 9.78. The van der Waals surface area contributed by atoms with Gasteiger partial charge in [-0.05, 0) is 36.0 Å². The summed E-state index contributed by atoms with van der Waals surface area (Å²) in [6.45, 7) is 0.134. The number of ether oxygens (including phenoxy) is 1. The maximum absolute atomic E-state index is 13.9. The molecule has 2 atom stereocenters. The fraction of sp³-hybridized carbons (Fsp3) is 0.286. The maximum atomic E-state index is 13.9. The zero-order valence-electron chi connectivity index (χ0n) is 20.3. The Hall–Kier alpha value is -3.25. The standard InChI is InChI=1S/C28H33N2O5P/c29-27(31)20-26(28(32)34-21-24-15-6-2-7-16-24)30-36(33,35-22-25-17-8-3-9-18-25)19-11-10-14-23-12-4-1-5-13-23/h1-9,12-13,15-18,26H,10-11,14,19-22H2,(H2,29,31)(H,30,33). The molecule has 1 amide bonds. The SMILES string of the molecule is NC(=O)CC(NP(=O)(CCCCc1ccccc1)OCc1ccccc1)C(=O)OCc1ccccc1. The summed E-state index contributed by atoms with van der Waals surface area (Å²) in [6.07, 6.45) is 2.09. The molecule has 0 aliphatic heterocycles. The Morgan fingerprint density at radius 1 is 0.778 bits per heavy atom. The molecule has 8 heteroatoms. The minimum absolute atomic E-state index is 0.0306. The van der Waals surface area contributed by atoms with E-state index in [0.717, 1.165) is 24.0 Å². The van der Waals surface area contributed by atoms with Gasteiger partial charge in [-0.15, -0.1) is 0 Å². The van der Waals surface area contributed by atoms with Gasteiger partial charge in [0.25, 0.3) is 7.52 Å². The molecule has 0 saturated heterocycles. The van der Waals surface area contributed by atoms with E-state index in [9.17, 15) is 14.2 Å². The van der Waals surface area contributed by atoms with Gasteiger partial charge in [0.2, 0.25) is 5.91 Å². The van der Waals surface area contributed by atoms with Crippen LogP contribution >= 0.6 is 7.52 Å². The Kier molecular flexibility index (Phi) is 10.9. The molecular weight excluding hydrogens is 475 g/mol. The number of benzene rings is 3. The Balaban J connectivity index is 1.66. The summed E-state index contributed by atoms with van der Waals surface area (Å²) in [4.78, 5) is 24.6. The van der Waals surface area contributed by atoms with Crippen molar-refractivity contribution < 1.29 is 23.4 Å². The number of unbranched alkanes of at least 4 members (excludes halogenated alkanes) is 1. The molecule has 7 nitrogen and oxygen atoms in total. The molecule has 0 bridgehead atoms. The first kappa shape index (κ1) is 27.3. The molecule has 3 rings (SSSR count). The van der Waals surface area contributed by atoms with Crippen LogP contribution in [0.25, 0.3) is 0 Å². The van der Waals surface area contributed by atoms with E-state index in [1.54, 1.807) is 0 Å². The Morgan fingerprint density at radius 3 is 1.86 bits per heavy atom. The fourth-order valence-electron chi connectivity index (χ4n) is 3.66. The van der Waals surface area contributed by atoms with Crippen LogP contribution in [0.3, 0.4) is 0 Å². The molecule has 0 aromatic heterocycles.